The van der Waals surface area contributed by atoms with Crippen molar-refractivity contribution in [3.63, 3.8) is 0 Å². The number of carbonyl (C=O) groups is 2. The lowest BCUT2D eigenvalue weighted by atomic mass is 9.99. The number of hydrogen-bond donors (Lipinski definition) is 2. The molecular weight excluding hydrogens is 943 g/mol. The molecule has 0 saturated carbocycles. The van der Waals surface area contributed by atoms with Gasteiger partial charge in [-0.2, -0.15) is 0 Å². The molecule has 0 saturated heterocycles. The third-order valence-electron chi connectivity index (χ3n) is 11.2. The van der Waals surface area contributed by atoms with Crippen molar-refractivity contribution in [1.82, 2.24) is 34.4 Å². The van der Waals surface area contributed by atoms with Gasteiger partial charge in [-0.1, -0.05) is 78.1 Å². The summed E-state index contributed by atoms with van der Waals surface area (Å²) in [7, 11) is 0. The fraction of sp³-hybridized carbons (Fsp3) is 0.115. The topological polar surface area (TPSA) is 162 Å². The molecule has 2 N–H and O–H groups in total. The van der Waals surface area contributed by atoms with Crippen molar-refractivity contribution in [1.29, 1.82) is 0 Å². The molecule has 352 valence electrons. The van der Waals surface area contributed by atoms with E-state index in [9.17, 15) is 41.8 Å². The first-order chi connectivity index (χ1) is 33.7. The summed E-state index contributed by atoms with van der Waals surface area (Å²) < 4.78 is 60.4. The van der Waals surface area contributed by atoms with E-state index in [-0.39, 0.29) is 27.9 Å². The van der Waals surface area contributed by atoms with Crippen molar-refractivity contribution in [2.45, 2.75) is 30.6 Å². The number of aryl methyl sites for hydroxylation is 2. The average Bonchev–Trinajstić information content (AvgIpc) is 3.35. The van der Waals surface area contributed by atoms with Crippen LogP contribution in [-0.2, 0) is 6.42 Å². The molecular formula is C52H39F4N7O5S2. The molecule has 0 bridgehead atoms. The van der Waals surface area contributed by atoms with E-state index in [0.29, 0.717) is 57.0 Å². The highest BCUT2D eigenvalue weighted by Crippen LogP contribution is 2.34. The summed E-state index contributed by atoms with van der Waals surface area (Å²) in [6, 6.07) is 31.9. The van der Waals surface area contributed by atoms with Crippen LogP contribution in [0.15, 0.2) is 147 Å². The van der Waals surface area contributed by atoms with Gasteiger partial charge in [0.05, 0.1) is 17.0 Å². The predicted octanol–water partition coefficient (Wildman–Crippen LogP) is 10.2. The average molecular weight is 982 g/mol. The quantitative estimate of drug-likeness (QED) is 0.0721. The molecule has 0 aliphatic carbocycles. The van der Waals surface area contributed by atoms with E-state index < -0.39 is 51.7 Å². The monoisotopic (exact) mass is 981 g/mol. The maximum absolute atomic E-state index is 14.8. The molecule has 12 nitrogen and oxygen atoms in total. The number of carboxylic acids is 1. The fourth-order valence-corrected chi connectivity index (χ4v) is 8.44. The van der Waals surface area contributed by atoms with Gasteiger partial charge in [-0.3, -0.25) is 23.5 Å². The molecule has 0 radical (unpaired) electrons. The molecule has 4 aromatic heterocycles. The minimum absolute atomic E-state index is 0.0194. The highest BCUT2D eigenvalue weighted by atomic mass is 32.2. The number of nitrogens with one attached hydrogen (secondary N) is 1. The lowest BCUT2D eigenvalue weighted by molar-refractivity contribution is 0.0696. The number of pyridine rings is 2. The van der Waals surface area contributed by atoms with E-state index in [1.807, 2.05) is 43.3 Å². The maximum atomic E-state index is 14.8. The highest BCUT2D eigenvalue weighted by molar-refractivity contribution is 7.98. The van der Waals surface area contributed by atoms with Gasteiger partial charge in [0, 0.05) is 46.1 Å². The Balaban J connectivity index is 0.000000193. The van der Waals surface area contributed by atoms with Crippen molar-refractivity contribution in [3.05, 3.63) is 199 Å². The van der Waals surface area contributed by atoms with Gasteiger partial charge in [0.15, 0.2) is 21.6 Å². The Hall–Kier alpha value is -7.96. The van der Waals surface area contributed by atoms with Crippen LogP contribution in [0.1, 0.15) is 37.4 Å². The third-order valence-corrected chi connectivity index (χ3v) is 12.3. The van der Waals surface area contributed by atoms with Crippen LogP contribution in [0.5, 0.6) is 0 Å². The van der Waals surface area contributed by atoms with Gasteiger partial charge in [-0.05, 0) is 110 Å². The van der Waals surface area contributed by atoms with Crippen LogP contribution in [0.25, 0.3) is 56.0 Å². The number of fused-ring (bicyclic) bond motifs is 2. The molecule has 4 heterocycles. The first kappa shape index (κ1) is 48.5. The Morgan fingerprint density at radius 3 is 1.46 bits per heavy atom. The lowest BCUT2D eigenvalue weighted by Gasteiger charge is -2.15. The molecule has 0 aliphatic rings. The number of nitrogens with zero attached hydrogens (tertiary/aromatic N) is 6. The summed E-state index contributed by atoms with van der Waals surface area (Å²) in [4.78, 5) is 68.1. The van der Waals surface area contributed by atoms with E-state index >= 15 is 0 Å². The first-order valence-corrected chi connectivity index (χ1v) is 23.8. The van der Waals surface area contributed by atoms with Gasteiger partial charge < -0.3 is 10.4 Å². The van der Waals surface area contributed by atoms with Crippen LogP contribution in [0.3, 0.4) is 0 Å². The van der Waals surface area contributed by atoms with Gasteiger partial charge >= 0.3 is 5.97 Å². The summed E-state index contributed by atoms with van der Waals surface area (Å²) >= 11 is 2.42. The summed E-state index contributed by atoms with van der Waals surface area (Å²) in [6.45, 7) is 4.14. The van der Waals surface area contributed by atoms with Crippen molar-refractivity contribution in [3.8, 4) is 33.9 Å². The number of amides is 1. The maximum Gasteiger partial charge on any atom is 0.335 e. The van der Waals surface area contributed by atoms with Gasteiger partial charge in [0.25, 0.3) is 17.0 Å². The van der Waals surface area contributed by atoms with E-state index in [1.54, 1.807) is 43.7 Å². The number of hydrogen-bond acceptors (Lipinski definition) is 10. The molecule has 1 amide bonds. The molecule has 18 heteroatoms. The van der Waals surface area contributed by atoms with Crippen molar-refractivity contribution < 1.29 is 32.3 Å². The SMILES string of the molecule is CSc1nc(-c2cc(C(=O)NCCc3ccccc3)ccc2C)c2ccc(=O)n(-c3c(F)cccc3F)c2n1.CSc1nc(-c2cc(C(=O)O)ccc2C)c2ccc(=O)n(-c3c(F)cccc3F)c2n1. The summed E-state index contributed by atoms with van der Waals surface area (Å²) in [5.74, 6) is -4.94. The Morgan fingerprint density at radius 1 is 0.571 bits per heavy atom. The Bertz CT molecular complexity index is 3610. The van der Waals surface area contributed by atoms with Crippen molar-refractivity contribution in [2.24, 2.45) is 0 Å². The molecule has 9 aromatic rings. The van der Waals surface area contributed by atoms with E-state index in [4.69, 9.17) is 0 Å². The van der Waals surface area contributed by atoms with Crippen LogP contribution in [0.4, 0.5) is 17.6 Å². The van der Waals surface area contributed by atoms with Gasteiger partial charge in [-0.15, -0.1) is 0 Å². The Morgan fingerprint density at radius 2 is 1.01 bits per heavy atom. The van der Waals surface area contributed by atoms with Crippen molar-refractivity contribution in [2.75, 3.05) is 19.1 Å². The number of rotatable bonds is 11. The third kappa shape index (κ3) is 9.81. The molecule has 0 spiro atoms. The molecule has 0 aliphatic heterocycles. The largest absolute Gasteiger partial charge is 0.478 e. The standard InChI is InChI=1S/C30H24F2N4O2S.C22H15F2N3O3S/c1-18-11-12-20(29(38)33-16-15-19-7-4-3-5-8-19)17-22(18)26-21-13-14-25(37)36(28(21)35-30(34-26)39-2)27-23(31)9-6-10-24(27)32;1-11-6-7-12(21(29)30)10-14(11)18-13-8-9-17(28)27(20(13)26-22(25-18)31-2)19-15(23)4-3-5-16(19)24/h3-14,17H,15-16H2,1-2H3,(H,33,38);3-10H,1-2H3,(H,29,30). The van der Waals surface area contributed by atoms with Crippen LogP contribution in [0, 0.1) is 37.1 Å². The second-order valence-electron chi connectivity index (χ2n) is 15.6. The van der Waals surface area contributed by atoms with E-state index in [0.717, 1.165) is 50.1 Å². The minimum atomic E-state index is -1.10. The van der Waals surface area contributed by atoms with E-state index in [1.165, 1.54) is 66.0 Å². The molecule has 0 unspecified atom stereocenters. The van der Waals surface area contributed by atoms with Gasteiger partial charge in [0.2, 0.25) is 0 Å². The van der Waals surface area contributed by atoms with Crippen LogP contribution in [0.2, 0.25) is 0 Å². The Kier molecular flexibility index (Phi) is 14.4. The molecule has 0 fully saturated rings. The van der Waals surface area contributed by atoms with E-state index in [2.05, 4.69) is 25.3 Å². The number of para-hydroxylation sites is 2. The first-order valence-electron chi connectivity index (χ1n) is 21.3. The lowest BCUT2D eigenvalue weighted by Crippen LogP contribution is -2.25. The number of aromatic carboxylic acids is 1. The number of thioether (sulfide) groups is 2. The van der Waals surface area contributed by atoms with Gasteiger partial charge in [-0.25, -0.2) is 42.3 Å². The van der Waals surface area contributed by atoms with Crippen LogP contribution < -0.4 is 16.4 Å². The Labute approximate surface area is 405 Å². The summed E-state index contributed by atoms with van der Waals surface area (Å²) in [5.41, 5.74) is 2.92. The van der Waals surface area contributed by atoms with Crippen molar-refractivity contribution >= 4 is 57.5 Å². The normalized spacial score (nSPS) is 11.1. The second-order valence-corrected chi connectivity index (χ2v) is 17.1. The predicted molar refractivity (Wildman–Crippen MR) is 263 cm³/mol. The number of benzene rings is 5. The zero-order valence-electron chi connectivity index (χ0n) is 37.6. The minimum Gasteiger partial charge on any atom is -0.478 e. The highest BCUT2D eigenvalue weighted by Gasteiger charge is 2.23. The second kappa shape index (κ2) is 20.7. The fourth-order valence-electron chi connectivity index (χ4n) is 7.72. The molecule has 70 heavy (non-hydrogen) atoms. The number of carboxylic acid groups (broad SMARTS) is 1. The summed E-state index contributed by atoms with van der Waals surface area (Å²) in [6.07, 6.45) is 4.19. The van der Waals surface area contributed by atoms with Crippen LogP contribution >= 0.6 is 23.5 Å². The smallest absolute Gasteiger partial charge is 0.335 e. The number of halogens is 4. The zero-order valence-corrected chi connectivity index (χ0v) is 39.3. The molecule has 5 aromatic carbocycles. The molecule has 9 rings (SSSR count). The van der Waals surface area contributed by atoms with Gasteiger partial charge in [0.1, 0.15) is 34.6 Å². The number of aromatic nitrogens is 6. The van der Waals surface area contributed by atoms with Crippen LogP contribution in [-0.4, -0.2) is 65.1 Å². The molecule has 0 atom stereocenters. The zero-order chi connectivity index (χ0) is 49.8. The summed E-state index contributed by atoms with van der Waals surface area (Å²) in [5, 5.41) is 13.7. The number of carbonyl (C=O) groups excluding carboxylic acids is 1.